The van der Waals surface area contributed by atoms with Crippen molar-refractivity contribution in [3.8, 4) is 0 Å². The standard InChI is InChI=1S/C15H31N/c1-12(2)10-15(16-13(3)4)11-14-8-6-5-7-9-14/h12-16H,5-11H2,1-4H3/t15-/m1/s1. The highest BCUT2D eigenvalue weighted by Crippen LogP contribution is 2.28. The SMILES string of the molecule is CC(C)C[C@H](CC1CCCCC1)NC(C)C. The van der Waals surface area contributed by atoms with Crippen LogP contribution in [0.3, 0.4) is 0 Å². The second-order valence-electron chi connectivity index (χ2n) is 6.39. The Morgan fingerprint density at radius 3 is 2.12 bits per heavy atom. The van der Waals surface area contributed by atoms with Crippen LogP contribution in [0.5, 0.6) is 0 Å². The summed E-state index contributed by atoms with van der Waals surface area (Å²) in [4.78, 5) is 0. The molecule has 16 heavy (non-hydrogen) atoms. The molecule has 0 aromatic carbocycles. The summed E-state index contributed by atoms with van der Waals surface area (Å²) in [5.41, 5.74) is 0. The molecular weight excluding hydrogens is 194 g/mol. The summed E-state index contributed by atoms with van der Waals surface area (Å²) >= 11 is 0. The Kier molecular flexibility index (Phi) is 6.41. The maximum atomic E-state index is 3.76. The van der Waals surface area contributed by atoms with Crippen LogP contribution < -0.4 is 5.32 Å². The van der Waals surface area contributed by atoms with Crippen LogP contribution in [0.15, 0.2) is 0 Å². The van der Waals surface area contributed by atoms with Crippen LogP contribution in [-0.4, -0.2) is 12.1 Å². The van der Waals surface area contributed by atoms with Gasteiger partial charge >= 0.3 is 0 Å². The van der Waals surface area contributed by atoms with Crippen molar-refractivity contribution >= 4 is 0 Å². The number of hydrogen-bond acceptors (Lipinski definition) is 1. The van der Waals surface area contributed by atoms with Gasteiger partial charge in [0, 0.05) is 12.1 Å². The zero-order chi connectivity index (χ0) is 12.0. The zero-order valence-electron chi connectivity index (χ0n) is 11.8. The zero-order valence-corrected chi connectivity index (χ0v) is 11.8. The molecule has 0 heterocycles. The summed E-state index contributed by atoms with van der Waals surface area (Å²) in [5.74, 6) is 1.82. The van der Waals surface area contributed by atoms with Gasteiger partial charge in [0.1, 0.15) is 0 Å². The Morgan fingerprint density at radius 1 is 1.00 bits per heavy atom. The van der Waals surface area contributed by atoms with Gasteiger partial charge in [-0.2, -0.15) is 0 Å². The molecule has 1 aliphatic carbocycles. The van der Waals surface area contributed by atoms with E-state index in [2.05, 4.69) is 33.0 Å². The maximum absolute atomic E-state index is 3.76. The van der Waals surface area contributed by atoms with Crippen LogP contribution in [0.2, 0.25) is 0 Å². The highest BCUT2D eigenvalue weighted by atomic mass is 14.9. The Labute approximate surface area is 102 Å². The van der Waals surface area contributed by atoms with Crippen molar-refractivity contribution in [2.24, 2.45) is 11.8 Å². The first-order valence-electron chi connectivity index (χ1n) is 7.34. The third-order valence-corrected chi connectivity index (χ3v) is 3.67. The van der Waals surface area contributed by atoms with Crippen LogP contribution in [0.1, 0.15) is 72.6 Å². The topological polar surface area (TPSA) is 12.0 Å². The molecule has 96 valence electrons. The summed E-state index contributed by atoms with van der Waals surface area (Å²) in [5, 5.41) is 3.76. The first kappa shape index (κ1) is 14.0. The van der Waals surface area contributed by atoms with Gasteiger partial charge in [0.05, 0.1) is 0 Å². The molecule has 0 radical (unpaired) electrons. The van der Waals surface area contributed by atoms with Gasteiger partial charge < -0.3 is 5.32 Å². The maximum Gasteiger partial charge on any atom is 0.00744 e. The Morgan fingerprint density at radius 2 is 1.62 bits per heavy atom. The molecule has 0 spiro atoms. The monoisotopic (exact) mass is 225 g/mol. The molecule has 0 aliphatic heterocycles. The van der Waals surface area contributed by atoms with E-state index in [9.17, 15) is 0 Å². The minimum absolute atomic E-state index is 0.632. The summed E-state index contributed by atoms with van der Waals surface area (Å²) < 4.78 is 0. The average Bonchev–Trinajstić information content (AvgIpc) is 2.16. The minimum atomic E-state index is 0.632. The molecule has 0 amide bonds. The van der Waals surface area contributed by atoms with Gasteiger partial charge in [-0.1, -0.05) is 59.8 Å². The van der Waals surface area contributed by atoms with Gasteiger partial charge in [0.2, 0.25) is 0 Å². The summed E-state index contributed by atoms with van der Waals surface area (Å²) in [6.45, 7) is 9.23. The summed E-state index contributed by atoms with van der Waals surface area (Å²) in [6.07, 6.45) is 10.1. The number of rotatable bonds is 6. The van der Waals surface area contributed by atoms with E-state index in [0.29, 0.717) is 6.04 Å². The van der Waals surface area contributed by atoms with Gasteiger partial charge in [0.15, 0.2) is 0 Å². The van der Waals surface area contributed by atoms with Crippen molar-refractivity contribution in [2.45, 2.75) is 84.7 Å². The minimum Gasteiger partial charge on any atom is -0.312 e. The second kappa shape index (κ2) is 7.32. The fraction of sp³-hybridized carbons (Fsp3) is 1.00. The highest BCUT2D eigenvalue weighted by molar-refractivity contribution is 4.77. The van der Waals surface area contributed by atoms with Crippen molar-refractivity contribution in [1.82, 2.24) is 5.32 Å². The van der Waals surface area contributed by atoms with E-state index in [1.165, 1.54) is 44.9 Å². The lowest BCUT2D eigenvalue weighted by molar-refractivity contribution is 0.269. The van der Waals surface area contributed by atoms with E-state index >= 15 is 0 Å². The molecule has 1 atom stereocenters. The van der Waals surface area contributed by atoms with Gasteiger partial charge in [0.25, 0.3) is 0 Å². The number of hydrogen-bond donors (Lipinski definition) is 1. The third-order valence-electron chi connectivity index (χ3n) is 3.67. The average molecular weight is 225 g/mol. The molecule has 1 N–H and O–H groups in total. The lowest BCUT2D eigenvalue weighted by Gasteiger charge is -2.29. The lowest BCUT2D eigenvalue weighted by Crippen LogP contribution is -2.37. The second-order valence-corrected chi connectivity index (χ2v) is 6.39. The van der Waals surface area contributed by atoms with Crippen molar-refractivity contribution < 1.29 is 0 Å². The molecular formula is C15H31N. The predicted molar refractivity (Wildman–Crippen MR) is 72.7 cm³/mol. The van der Waals surface area contributed by atoms with E-state index in [1.54, 1.807) is 0 Å². The Hall–Kier alpha value is -0.0400. The normalized spacial score (nSPS) is 20.6. The largest absolute Gasteiger partial charge is 0.312 e. The highest BCUT2D eigenvalue weighted by Gasteiger charge is 2.19. The number of nitrogens with one attached hydrogen (secondary N) is 1. The van der Waals surface area contributed by atoms with Crippen LogP contribution in [0.25, 0.3) is 0 Å². The van der Waals surface area contributed by atoms with E-state index in [-0.39, 0.29) is 0 Å². The van der Waals surface area contributed by atoms with E-state index in [0.717, 1.165) is 17.9 Å². The Balaban J connectivity index is 2.35. The molecule has 1 heteroatoms. The molecule has 1 aliphatic rings. The Bertz CT molecular complexity index is 158. The van der Waals surface area contributed by atoms with Crippen LogP contribution in [0.4, 0.5) is 0 Å². The van der Waals surface area contributed by atoms with Crippen molar-refractivity contribution in [1.29, 1.82) is 0 Å². The van der Waals surface area contributed by atoms with Crippen molar-refractivity contribution in [3.63, 3.8) is 0 Å². The lowest BCUT2D eigenvalue weighted by atomic mass is 9.83. The molecule has 0 unspecified atom stereocenters. The molecule has 0 aromatic rings. The molecule has 0 aromatic heterocycles. The first-order valence-corrected chi connectivity index (χ1v) is 7.34. The molecule has 0 saturated heterocycles. The van der Waals surface area contributed by atoms with Crippen LogP contribution >= 0.6 is 0 Å². The predicted octanol–water partition coefficient (Wildman–Crippen LogP) is 4.37. The molecule has 1 saturated carbocycles. The summed E-state index contributed by atoms with van der Waals surface area (Å²) in [6, 6.07) is 1.38. The quantitative estimate of drug-likeness (QED) is 0.708. The van der Waals surface area contributed by atoms with Crippen molar-refractivity contribution in [3.05, 3.63) is 0 Å². The van der Waals surface area contributed by atoms with Gasteiger partial charge in [-0.15, -0.1) is 0 Å². The molecule has 1 nitrogen and oxygen atoms in total. The van der Waals surface area contributed by atoms with Crippen molar-refractivity contribution in [2.75, 3.05) is 0 Å². The van der Waals surface area contributed by atoms with Crippen LogP contribution in [0, 0.1) is 11.8 Å². The van der Waals surface area contributed by atoms with Gasteiger partial charge in [-0.3, -0.25) is 0 Å². The van der Waals surface area contributed by atoms with E-state index in [4.69, 9.17) is 0 Å². The molecule has 0 bridgehead atoms. The smallest absolute Gasteiger partial charge is 0.00744 e. The van der Waals surface area contributed by atoms with E-state index < -0.39 is 0 Å². The summed E-state index contributed by atoms with van der Waals surface area (Å²) in [7, 11) is 0. The van der Waals surface area contributed by atoms with E-state index in [1.807, 2.05) is 0 Å². The van der Waals surface area contributed by atoms with Gasteiger partial charge in [-0.25, -0.2) is 0 Å². The molecule has 1 rings (SSSR count). The third kappa shape index (κ3) is 5.89. The fourth-order valence-electron chi connectivity index (χ4n) is 3.10. The first-order chi connectivity index (χ1) is 7.58. The van der Waals surface area contributed by atoms with Gasteiger partial charge in [-0.05, 0) is 24.7 Å². The molecule has 1 fully saturated rings. The fourth-order valence-corrected chi connectivity index (χ4v) is 3.10. The van der Waals surface area contributed by atoms with Crippen LogP contribution in [-0.2, 0) is 0 Å².